The molecule has 1 fully saturated rings. The summed E-state index contributed by atoms with van der Waals surface area (Å²) in [5, 5.41) is 23.4. The summed E-state index contributed by atoms with van der Waals surface area (Å²) in [5.74, 6) is 0.324. The van der Waals surface area contributed by atoms with Gasteiger partial charge < -0.3 is 21.4 Å². The number of oxime groups is 1. The van der Waals surface area contributed by atoms with Crippen molar-refractivity contribution >= 4 is 5.84 Å². The summed E-state index contributed by atoms with van der Waals surface area (Å²) in [6, 6.07) is 0. The van der Waals surface area contributed by atoms with E-state index in [4.69, 9.17) is 16.0 Å². The molecule has 0 spiro atoms. The second-order valence-electron chi connectivity index (χ2n) is 4.38. The van der Waals surface area contributed by atoms with Crippen LogP contribution < -0.4 is 11.1 Å². The van der Waals surface area contributed by atoms with Gasteiger partial charge in [-0.05, 0) is 37.6 Å². The molecule has 1 aliphatic carbocycles. The van der Waals surface area contributed by atoms with Crippen LogP contribution in [0.3, 0.4) is 0 Å². The van der Waals surface area contributed by atoms with Crippen molar-refractivity contribution in [3.05, 3.63) is 0 Å². The van der Waals surface area contributed by atoms with E-state index < -0.39 is 0 Å². The molecule has 1 saturated carbocycles. The molecule has 5 N–H and O–H groups in total. The maximum Gasteiger partial charge on any atom is 0.139 e. The molecule has 0 unspecified atom stereocenters. The van der Waals surface area contributed by atoms with Gasteiger partial charge in [-0.1, -0.05) is 5.16 Å². The van der Waals surface area contributed by atoms with E-state index in [9.17, 15) is 0 Å². The van der Waals surface area contributed by atoms with Crippen LogP contribution in [0.25, 0.3) is 0 Å². The Labute approximate surface area is 90.3 Å². The highest BCUT2D eigenvalue weighted by atomic mass is 16.4. The number of aliphatic hydroxyl groups is 1. The van der Waals surface area contributed by atoms with Crippen molar-refractivity contribution in [1.82, 2.24) is 5.32 Å². The second-order valence-corrected chi connectivity index (χ2v) is 4.38. The second kappa shape index (κ2) is 5.92. The van der Waals surface area contributed by atoms with Crippen molar-refractivity contribution in [2.45, 2.75) is 32.1 Å². The molecule has 88 valence electrons. The molecule has 15 heavy (non-hydrogen) atoms. The van der Waals surface area contributed by atoms with Crippen molar-refractivity contribution in [3.63, 3.8) is 0 Å². The van der Waals surface area contributed by atoms with Gasteiger partial charge >= 0.3 is 0 Å². The van der Waals surface area contributed by atoms with Crippen LogP contribution in [0.4, 0.5) is 0 Å². The Hall–Kier alpha value is -0.810. The van der Waals surface area contributed by atoms with Crippen LogP contribution in [0, 0.1) is 5.41 Å². The maximum absolute atomic E-state index is 8.60. The highest BCUT2D eigenvalue weighted by molar-refractivity contribution is 5.80. The first-order chi connectivity index (χ1) is 7.22. The molecule has 1 aliphatic rings. The van der Waals surface area contributed by atoms with Crippen LogP contribution in [0.1, 0.15) is 32.1 Å². The van der Waals surface area contributed by atoms with Gasteiger partial charge in [-0.15, -0.1) is 0 Å². The van der Waals surface area contributed by atoms with Gasteiger partial charge in [0.1, 0.15) is 5.84 Å². The van der Waals surface area contributed by atoms with Crippen LogP contribution in [0.15, 0.2) is 5.16 Å². The van der Waals surface area contributed by atoms with Crippen LogP contribution >= 0.6 is 0 Å². The minimum absolute atomic E-state index is 0.232. The lowest BCUT2D eigenvalue weighted by atomic mass is 10.0. The van der Waals surface area contributed by atoms with Gasteiger partial charge in [0.25, 0.3) is 0 Å². The molecule has 0 aliphatic heterocycles. The van der Waals surface area contributed by atoms with E-state index in [2.05, 4.69) is 10.5 Å². The highest BCUT2D eigenvalue weighted by Crippen LogP contribution is 2.48. The van der Waals surface area contributed by atoms with Crippen LogP contribution in [-0.4, -0.2) is 35.8 Å². The van der Waals surface area contributed by atoms with E-state index in [1.165, 1.54) is 0 Å². The zero-order valence-electron chi connectivity index (χ0n) is 9.08. The summed E-state index contributed by atoms with van der Waals surface area (Å²) >= 11 is 0. The number of rotatable bonds is 8. The highest BCUT2D eigenvalue weighted by Gasteiger charge is 2.42. The van der Waals surface area contributed by atoms with Gasteiger partial charge in [-0.25, -0.2) is 0 Å². The zero-order chi connectivity index (χ0) is 11.1. The molecule has 0 aromatic carbocycles. The van der Waals surface area contributed by atoms with Gasteiger partial charge in [-0.2, -0.15) is 0 Å². The van der Waals surface area contributed by atoms with Crippen LogP contribution in [0.5, 0.6) is 0 Å². The molecule has 0 bridgehead atoms. The first-order valence-electron chi connectivity index (χ1n) is 5.50. The average molecular weight is 215 g/mol. The maximum atomic E-state index is 8.60. The summed E-state index contributed by atoms with van der Waals surface area (Å²) in [7, 11) is 0. The normalized spacial score (nSPS) is 19.1. The van der Waals surface area contributed by atoms with Crippen molar-refractivity contribution in [3.8, 4) is 0 Å². The summed E-state index contributed by atoms with van der Waals surface area (Å²) < 4.78 is 0. The topological polar surface area (TPSA) is 90.9 Å². The lowest BCUT2D eigenvalue weighted by molar-refractivity contribution is 0.283. The van der Waals surface area contributed by atoms with Gasteiger partial charge in [0.2, 0.25) is 0 Å². The fourth-order valence-corrected chi connectivity index (χ4v) is 1.73. The summed E-state index contributed by atoms with van der Waals surface area (Å²) in [5.41, 5.74) is 5.72. The number of aliphatic hydroxyl groups excluding tert-OH is 1. The Morgan fingerprint density at radius 3 is 2.67 bits per heavy atom. The molecule has 1 rings (SSSR count). The van der Waals surface area contributed by atoms with E-state index >= 15 is 0 Å². The molecule has 0 aromatic rings. The monoisotopic (exact) mass is 215 g/mol. The number of hydrogen-bond acceptors (Lipinski definition) is 4. The van der Waals surface area contributed by atoms with Gasteiger partial charge in [0.05, 0.1) is 0 Å². The lowest BCUT2D eigenvalue weighted by Crippen LogP contribution is -2.29. The predicted molar refractivity (Wildman–Crippen MR) is 58.9 cm³/mol. The van der Waals surface area contributed by atoms with Crippen molar-refractivity contribution in [2.24, 2.45) is 16.3 Å². The van der Waals surface area contributed by atoms with E-state index in [-0.39, 0.29) is 12.0 Å². The summed E-state index contributed by atoms with van der Waals surface area (Å²) in [4.78, 5) is 0. The number of nitrogens with one attached hydrogen (secondary N) is 1. The van der Waals surface area contributed by atoms with Crippen LogP contribution in [0.2, 0.25) is 0 Å². The fourth-order valence-electron chi connectivity index (χ4n) is 1.73. The SMILES string of the molecule is NC(CC1(CNCCCCO)CC1)=NO. The minimum atomic E-state index is 0.232. The molecule has 5 heteroatoms. The quantitative estimate of drug-likeness (QED) is 0.154. The van der Waals surface area contributed by atoms with Crippen molar-refractivity contribution < 1.29 is 10.3 Å². The van der Waals surface area contributed by atoms with E-state index in [1.54, 1.807) is 0 Å². The lowest BCUT2D eigenvalue weighted by Gasteiger charge is -2.14. The Bertz CT molecular complexity index is 215. The number of nitrogens with two attached hydrogens (primary N) is 1. The molecule has 0 saturated heterocycles. The van der Waals surface area contributed by atoms with Gasteiger partial charge in [-0.3, -0.25) is 0 Å². The molecule has 0 atom stereocenters. The summed E-state index contributed by atoms with van der Waals surface area (Å²) in [6.45, 7) is 2.12. The third-order valence-electron chi connectivity index (χ3n) is 2.90. The Kier molecular flexibility index (Phi) is 4.84. The van der Waals surface area contributed by atoms with Gasteiger partial charge in [0.15, 0.2) is 0 Å². The van der Waals surface area contributed by atoms with E-state index in [0.717, 1.165) is 38.8 Å². The third kappa shape index (κ3) is 4.48. The number of amidine groups is 1. The van der Waals surface area contributed by atoms with E-state index in [1.807, 2.05) is 0 Å². The largest absolute Gasteiger partial charge is 0.409 e. The predicted octanol–water partition coefficient (Wildman–Crippen LogP) is 0.265. The van der Waals surface area contributed by atoms with Crippen molar-refractivity contribution in [2.75, 3.05) is 19.7 Å². The molecular formula is C10H21N3O2. The summed E-state index contributed by atoms with van der Waals surface area (Å²) in [6.07, 6.45) is 4.82. The third-order valence-corrected chi connectivity index (χ3v) is 2.90. The van der Waals surface area contributed by atoms with Crippen molar-refractivity contribution in [1.29, 1.82) is 0 Å². The Balaban J connectivity index is 2.09. The number of nitrogens with zero attached hydrogens (tertiary/aromatic N) is 1. The molecular weight excluding hydrogens is 194 g/mol. The minimum Gasteiger partial charge on any atom is -0.409 e. The average Bonchev–Trinajstić information content (AvgIpc) is 2.98. The Morgan fingerprint density at radius 2 is 2.13 bits per heavy atom. The smallest absolute Gasteiger partial charge is 0.139 e. The molecule has 5 nitrogen and oxygen atoms in total. The zero-order valence-corrected chi connectivity index (χ0v) is 9.08. The first-order valence-corrected chi connectivity index (χ1v) is 5.50. The molecule has 0 radical (unpaired) electrons. The standard InChI is InChI=1S/C10H21N3O2/c11-9(13-15)7-10(3-4-10)8-12-5-1-2-6-14/h12,14-15H,1-8H2,(H2,11,13). The fraction of sp³-hybridized carbons (Fsp3) is 0.900. The Morgan fingerprint density at radius 1 is 1.40 bits per heavy atom. The van der Waals surface area contributed by atoms with E-state index in [0.29, 0.717) is 12.3 Å². The molecule has 0 amide bonds. The molecule has 0 heterocycles. The molecule has 0 aromatic heterocycles. The number of hydrogen-bond donors (Lipinski definition) is 4. The first kappa shape index (κ1) is 12.3. The number of unbranched alkanes of at least 4 members (excludes halogenated alkanes) is 1. The van der Waals surface area contributed by atoms with Gasteiger partial charge in [0, 0.05) is 19.6 Å². The van der Waals surface area contributed by atoms with Crippen LogP contribution in [-0.2, 0) is 0 Å².